The van der Waals surface area contributed by atoms with Crippen molar-refractivity contribution in [3.63, 3.8) is 0 Å². The van der Waals surface area contributed by atoms with Crippen LogP contribution in [0.15, 0.2) is 16.5 Å². The fourth-order valence-electron chi connectivity index (χ4n) is 2.66. The van der Waals surface area contributed by atoms with Gasteiger partial charge >= 0.3 is 0 Å². The van der Waals surface area contributed by atoms with Gasteiger partial charge in [0.15, 0.2) is 0 Å². The normalized spacial score (nSPS) is 18.0. The summed E-state index contributed by atoms with van der Waals surface area (Å²) in [5, 5.41) is 3.45. The molecule has 1 N–H and O–H groups in total. The first-order valence-electron chi connectivity index (χ1n) is 7.72. The monoisotopic (exact) mass is 264 g/mol. The molecule has 3 heteroatoms. The Morgan fingerprint density at radius 1 is 1.26 bits per heavy atom. The van der Waals surface area contributed by atoms with Crippen LogP contribution in [0.5, 0.6) is 0 Å². The number of aryl methyl sites for hydroxylation is 1. The maximum absolute atomic E-state index is 5.52. The summed E-state index contributed by atoms with van der Waals surface area (Å²) < 4.78 is 5.52. The lowest BCUT2D eigenvalue weighted by molar-refractivity contribution is 0.189. The van der Waals surface area contributed by atoms with Crippen LogP contribution in [0.3, 0.4) is 0 Å². The third kappa shape index (κ3) is 5.37. The molecule has 1 aromatic rings. The molecule has 0 amide bonds. The van der Waals surface area contributed by atoms with Gasteiger partial charge in [-0.3, -0.25) is 0 Å². The third-order valence-electron chi connectivity index (χ3n) is 4.05. The van der Waals surface area contributed by atoms with Crippen LogP contribution in [0.1, 0.15) is 44.1 Å². The van der Waals surface area contributed by atoms with Crippen molar-refractivity contribution < 1.29 is 4.42 Å². The second kappa shape index (κ2) is 7.71. The molecule has 108 valence electrons. The Bertz CT molecular complexity index is 353. The predicted molar refractivity (Wildman–Crippen MR) is 79.2 cm³/mol. The number of hydrogen-bond acceptors (Lipinski definition) is 3. The molecule has 0 aromatic carbocycles. The van der Waals surface area contributed by atoms with Crippen LogP contribution in [0.2, 0.25) is 0 Å². The smallest absolute Gasteiger partial charge is 0.117 e. The standard InChI is InChI=1S/C16H28N2O/c1-14-7-11-18(12-8-14)10-4-3-9-17-13-16-6-5-15(2)19-16/h5-6,14,17H,3-4,7-13H2,1-2H3. The van der Waals surface area contributed by atoms with E-state index in [-0.39, 0.29) is 0 Å². The summed E-state index contributed by atoms with van der Waals surface area (Å²) in [5.74, 6) is 2.98. The summed E-state index contributed by atoms with van der Waals surface area (Å²) in [5.41, 5.74) is 0. The minimum atomic E-state index is 0.856. The van der Waals surface area contributed by atoms with Gasteiger partial charge in [-0.25, -0.2) is 0 Å². The lowest BCUT2D eigenvalue weighted by Gasteiger charge is -2.30. The molecule has 2 heterocycles. The van der Waals surface area contributed by atoms with Gasteiger partial charge in [-0.15, -0.1) is 0 Å². The predicted octanol–water partition coefficient (Wildman–Crippen LogP) is 3.19. The third-order valence-corrected chi connectivity index (χ3v) is 4.05. The minimum Gasteiger partial charge on any atom is -0.465 e. The Morgan fingerprint density at radius 2 is 2.05 bits per heavy atom. The van der Waals surface area contributed by atoms with Crippen molar-refractivity contribution in [2.24, 2.45) is 5.92 Å². The van der Waals surface area contributed by atoms with Crippen molar-refractivity contribution in [2.45, 2.75) is 46.1 Å². The average molecular weight is 264 g/mol. The van der Waals surface area contributed by atoms with E-state index in [4.69, 9.17) is 4.42 Å². The molecule has 1 saturated heterocycles. The Labute approximate surface area is 117 Å². The molecule has 0 atom stereocenters. The fraction of sp³-hybridized carbons (Fsp3) is 0.750. The van der Waals surface area contributed by atoms with Crippen LogP contribution in [0, 0.1) is 12.8 Å². The highest BCUT2D eigenvalue weighted by Gasteiger charge is 2.14. The van der Waals surface area contributed by atoms with Crippen molar-refractivity contribution in [1.82, 2.24) is 10.2 Å². The van der Waals surface area contributed by atoms with E-state index >= 15 is 0 Å². The summed E-state index contributed by atoms with van der Waals surface area (Å²) in [6, 6.07) is 4.07. The highest BCUT2D eigenvalue weighted by molar-refractivity contribution is 5.04. The zero-order chi connectivity index (χ0) is 13.5. The second-order valence-corrected chi connectivity index (χ2v) is 5.92. The molecule has 19 heavy (non-hydrogen) atoms. The summed E-state index contributed by atoms with van der Waals surface area (Å²) in [7, 11) is 0. The van der Waals surface area contributed by atoms with Gasteiger partial charge in [-0.05, 0) is 76.8 Å². The Kier molecular flexibility index (Phi) is 5.93. The number of nitrogens with zero attached hydrogens (tertiary/aromatic N) is 1. The molecule has 1 aliphatic rings. The first-order valence-corrected chi connectivity index (χ1v) is 7.72. The van der Waals surface area contributed by atoms with E-state index in [0.29, 0.717) is 0 Å². The van der Waals surface area contributed by atoms with Crippen molar-refractivity contribution in [2.75, 3.05) is 26.2 Å². The van der Waals surface area contributed by atoms with Crippen molar-refractivity contribution in [1.29, 1.82) is 0 Å². The van der Waals surface area contributed by atoms with Gasteiger partial charge < -0.3 is 14.6 Å². The first kappa shape index (κ1) is 14.6. The fourth-order valence-corrected chi connectivity index (χ4v) is 2.66. The Hall–Kier alpha value is -0.800. The van der Waals surface area contributed by atoms with E-state index < -0.39 is 0 Å². The average Bonchev–Trinajstić information content (AvgIpc) is 2.81. The van der Waals surface area contributed by atoms with E-state index in [1.54, 1.807) is 0 Å². The number of unbranched alkanes of at least 4 members (excludes halogenated alkanes) is 1. The van der Waals surface area contributed by atoms with Gasteiger partial charge in [-0.1, -0.05) is 6.92 Å². The maximum Gasteiger partial charge on any atom is 0.117 e. The summed E-state index contributed by atoms with van der Waals surface area (Å²) >= 11 is 0. The van der Waals surface area contributed by atoms with Crippen LogP contribution in [-0.4, -0.2) is 31.1 Å². The lowest BCUT2D eigenvalue weighted by atomic mass is 9.99. The Morgan fingerprint density at radius 3 is 2.74 bits per heavy atom. The highest BCUT2D eigenvalue weighted by Crippen LogP contribution is 2.16. The summed E-state index contributed by atoms with van der Waals surface area (Å²) in [6.07, 6.45) is 5.33. The van der Waals surface area contributed by atoms with Crippen molar-refractivity contribution in [3.05, 3.63) is 23.7 Å². The molecule has 1 aromatic heterocycles. The molecule has 0 spiro atoms. The molecule has 0 saturated carbocycles. The van der Waals surface area contributed by atoms with Gasteiger partial charge in [0, 0.05) is 0 Å². The molecule has 0 aliphatic carbocycles. The Balaban J connectivity index is 1.46. The molecule has 0 radical (unpaired) electrons. The first-order chi connectivity index (χ1) is 9.24. The SMILES string of the molecule is Cc1ccc(CNCCCCN2CCC(C)CC2)o1. The zero-order valence-electron chi connectivity index (χ0n) is 12.5. The van der Waals surface area contributed by atoms with Gasteiger partial charge in [-0.2, -0.15) is 0 Å². The van der Waals surface area contributed by atoms with Crippen LogP contribution >= 0.6 is 0 Å². The maximum atomic E-state index is 5.52. The number of furan rings is 1. The van der Waals surface area contributed by atoms with E-state index in [1.165, 1.54) is 45.3 Å². The molecule has 0 bridgehead atoms. The minimum absolute atomic E-state index is 0.856. The largest absolute Gasteiger partial charge is 0.465 e. The highest BCUT2D eigenvalue weighted by atomic mass is 16.3. The topological polar surface area (TPSA) is 28.4 Å². The van der Waals surface area contributed by atoms with Crippen LogP contribution in [0.4, 0.5) is 0 Å². The number of piperidine rings is 1. The molecule has 1 fully saturated rings. The van der Waals surface area contributed by atoms with E-state index in [2.05, 4.69) is 23.2 Å². The van der Waals surface area contributed by atoms with Crippen molar-refractivity contribution >= 4 is 0 Å². The molecular formula is C16H28N2O. The van der Waals surface area contributed by atoms with Crippen LogP contribution in [-0.2, 0) is 6.54 Å². The van der Waals surface area contributed by atoms with Crippen LogP contribution in [0.25, 0.3) is 0 Å². The lowest BCUT2D eigenvalue weighted by Crippen LogP contribution is -2.33. The molecule has 1 aliphatic heterocycles. The summed E-state index contributed by atoms with van der Waals surface area (Å²) in [4.78, 5) is 2.62. The van der Waals surface area contributed by atoms with E-state index in [9.17, 15) is 0 Å². The van der Waals surface area contributed by atoms with Gasteiger partial charge in [0.25, 0.3) is 0 Å². The number of likely N-dealkylation sites (tertiary alicyclic amines) is 1. The molecule has 0 unspecified atom stereocenters. The molecular weight excluding hydrogens is 236 g/mol. The van der Waals surface area contributed by atoms with Gasteiger partial charge in [0.05, 0.1) is 6.54 Å². The van der Waals surface area contributed by atoms with Gasteiger partial charge in [0.1, 0.15) is 11.5 Å². The van der Waals surface area contributed by atoms with Gasteiger partial charge in [0.2, 0.25) is 0 Å². The number of rotatable bonds is 7. The molecule has 2 rings (SSSR count). The quantitative estimate of drug-likeness (QED) is 0.767. The zero-order valence-corrected chi connectivity index (χ0v) is 12.5. The number of hydrogen-bond donors (Lipinski definition) is 1. The van der Waals surface area contributed by atoms with Crippen molar-refractivity contribution in [3.8, 4) is 0 Å². The van der Waals surface area contributed by atoms with Crippen LogP contribution < -0.4 is 5.32 Å². The number of nitrogens with one attached hydrogen (secondary N) is 1. The van der Waals surface area contributed by atoms with E-state index in [0.717, 1.165) is 30.5 Å². The second-order valence-electron chi connectivity index (χ2n) is 5.92. The molecule has 3 nitrogen and oxygen atoms in total. The summed E-state index contributed by atoms with van der Waals surface area (Å²) in [6.45, 7) is 10.2. The van der Waals surface area contributed by atoms with E-state index in [1.807, 2.05) is 13.0 Å².